The van der Waals surface area contributed by atoms with Crippen LogP contribution in [0.25, 0.3) is 11.0 Å². The molecule has 3 aromatic rings. The smallest absolute Gasteiger partial charge is 0.336 e. The summed E-state index contributed by atoms with van der Waals surface area (Å²) in [6.07, 6.45) is 0.160. The fourth-order valence-corrected chi connectivity index (χ4v) is 3.81. The van der Waals surface area contributed by atoms with Crippen LogP contribution in [0.15, 0.2) is 43.1 Å². The fourth-order valence-electron chi connectivity index (χ4n) is 3.81. The number of aromatic nitrogens is 2. The Labute approximate surface area is 205 Å². The largest absolute Gasteiger partial charge is 0.423 e. The monoisotopic (exact) mass is 499 g/mol. The number of rotatable bonds is 10. The van der Waals surface area contributed by atoms with Crippen molar-refractivity contribution in [2.24, 2.45) is 0 Å². The van der Waals surface area contributed by atoms with Crippen LogP contribution in [-0.4, -0.2) is 41.6 Å². The maximum absolute atomic E-state index is 13.1. The maximum atomic E-state index is 13.1. The quantitative estimate of drug-likeness (QED) is 0.351. The molecule has 2 aromatic heterocycles. The molecule has 0 fully saturated rings. The summed E-state index contributed by atoms with van der Waals surface area (Å²) in [6.45, 7) is 3.98. The molecule has 0 bridgehead atoms. The van der Waals surface area contributed by atoms with Crippen LogP contribution in [0.5, 0.6) is 0 Å². The zero-order valence-corrected chi connectivity index (χ0v) is 20.4. The number of hydrogen-bond donors (Lipinski definition) is 3. The van der Waals surface area contributed by atoms with Gasteiger partial charge in [0.2, 0.25) is 11.8 Å². The average molecular weight is 500 g/mol. The number of carbonyl (C=O) groups excluding carboxylic acids is 2. The molecule has 36 heavy (non-hydrogen) atoms. The van der Waals surface area contributed by atoms with E-state index in [0.29, 0.717) is 17.7 Å². The minimum absolute atomic E-state index is 0.00236. The van der Waals surface area contributed by atoms with E-state index in [1.54, 1.807) is 19.1 Å². The number of ether oxygens (including phenoxy) is 1. The zero-order valence-electron chi connectivity index (χ0n) is 20.4. The van der Waals surface area contributed by atoms with Crippen LogP contribution in [0.3, 0.4) is 0 Å². The second-order valence-electron chi connectivity index (χ2n) is 8.19. The number of benzene rings is 1. The summed E-state index contributed by atoms with van der Waals surface area (Å²) in [4.78, 5) is 65.3. The normalized spacial score (nSPS) is 11.0. The summed E-state index contributed by atoms with van der Waals surface area (Å²) in [6, 6.07) is 6.30. The van der Waals surface area contributed by atoms with E-state index in [4.69, 9.17) is 14.9 Å². The van der Waals surface area contributed by atoms with E-state index in [1.807, 2.05) is 6.92 Å². The van der Waals surface area contributed by atoms with Gasteiger partial charge in [0.15, 0.2) is 5.69 Å². The molecule has 0 aliphatic rings. The molecule has 0 saturated heterocycles. The van der Waals surface area contributed by atoms with E-state index in [1.165, 1.54) is 23.8 Å². The van der Waals surface area contributed by atoms with Crippen molar-refractivity contribution < 1.29 is 18.7 Å². The molecule has 0 aliphatic heterocycles. The van der Waals surface area contributed by atoms with Crippen molar-refractivity contribution in [3.63, 3.8) is 0 Å². The first kappa shape index (κ1) is 26.4. The van der Waals surface area contributed by atoms with Gasteiger partial charge >= 0.3 is 11.3 Å². The van der Waals surface area contributed by atoms with Crippen molar-refractivity contribution >= 4 is 40.0 Å². The van der Waals surface area contributed by atoms with Crippen LogP contribution < -0.4 is 32.8 Å². The first-order chi connectivity index (χ1) is 17.2. The number of methoxy groups -OCH3 is 1. The molecule has 0 aliphatic carbocycles. The number of aryl methyl sites for hydroxylation is 1. The van der Waals surface area contributed by atoms with Gasteiger partial charge in [-0.3, -0.25) is 23.9 Å². The van der Waals surface area contributed by atoms with Crippen LogP contribution in [0.1, 0.15) is 31.7 Å². The third-order valence-corrected chi connectivity index (χ3v) is 5.55. The van der Waals surface area contributed by atoms with Gasteiger partial charge in [-0.05, 0) is 31.0 Å². The molecule has 192 valence electrons. The minimum atomic E-state index is -0.799. The molecule has 2 heterocycles. The first-order valence-corrected chi connectivity index (χ1v) is 11.4. The molecule has 0 atom stereocenters. The van der Waals surface area contributed by atoms with E-state index in [0.717, 1.165) is 15.8 Å². The van der Waals surface area contributed by atoms with Gasteiger partial charge in [0.1, 0.15) is 11.4 Å². The summed E-state index contributed by atoms with van der Waals surface area (Å²) in [7, 11) is 1.44. The van der Waals surface area contributed by atoms with E-state index >= 15 is 0 Å². The third kappa shape index (κ3) is 5.89. The zero-order chi connectivity index (χ0) is 26.4. The summed E-state index contributed by atoms with van der Waals surface area (Å²) >= 11 is 0. The Morgan fingerprint density at radius 2 is 1.94 bits per heavy atom. The highest BCUT2D eigenvalue weighted by molar-refractivity contribution is 6.00. The summed E-state index contributed by atoms with van der Waals surface area (Å²) in [5, 5.41) is 3.41. The van der Waals surface area contributed by atoms with Gasteiger partial charge < -0.3 is 25.1 Å². The number of H-pyrrole nitrogens is 1. The lowest BCUT2D eigenvalue weighted by atomic mass is 10.1. The number of fused-ring (bicyclic) bond motifs is 1. The number of nitrogen functional groups attached to an aromatic ring is 1. The molecule has 0 radical (unpaired) electrons. The maximum Gasteiger partial charge on any atom is 0.336 e. The van der Waals surface area contributed by atoms with E-state index < -0.39 is 28.7 Å². The standard InChI is InChI=1S/C24H29N5O7/c1-4-9-29-22(25)21(23(33)27-24(29)34)28(10-11-35-3)19(31)8-7-18(30)26-15-5-6-16-14(2)12-20(32)36-17(16)13-15/h5-6,12-13H,4,7-11,25H2,1-3H3,(H,26,30)(H,27,33,34). The summed E-state index contributed by atoms with van der Waals surface area (Å²) < 4.78 is 11.4. The Bertz CT molecular complexity index is 1450. The molecule has 0 spiro atoms. The molecule has 2 amide bonds. The van der Waals surface area contributed by atoms with Crippen LogP contribution in [0, 0.1) is 6.92 Å². The Morgan fingerprint density at radius 1 is 1.19 bits per heavy atom. The molecule has 0 saturated carbocycles. The molecule has 1 aromatic carbocycles. The second-order valence-corrected chi connectivity index (χ2v) is 8.19. The molecular formula is C24H29N5O7. The third-order valence-electron chi connectivity index (χ3n) is 5.55. The van der Waals surface area contributed by atoms with Crippen LogP contribution in [-0.2, 0) is 20.9 Å². The van der Waals surface area contributed by atoms with Gasteiger partial charge in [-0.25, -0.2) is 9.59 Å². The van der Waals surface area contributed by atoms with Gasteiger partial charge in [-0.15, -0.1) is 0 Å². The van der Waals surface area contributed by atoms with Gasteiger partial charge in [-0.2, -0.15) is 0 Å². The molecule has 4 N–H and O–H groups in total. The SMILES string of the molecule is CCCn1c(N)c(N(CCOC)C(=O)CCC(=O)Nc2ccc3c(C)cc(=O)oc3c2)c(=O)[nH]c1=O. The lowest BCUT2D eigenvalue weighted by molar-refractivity contribution is -0.122. The highest BCUT2D eigenvalue weighted by atomic mass is 16.5. The Kier molecular flexibility index (Phi) is 8.43. The van der Waals surface area contributed by atoms with Gasteiger partial charge in [0.25, 0.3) is 5.56 Å². The van der Waals surface area contributed by atoms with Crippen molar-refractivity contribution in [1.29, 1.82) is 0 Å². The van der Waals surface area contributed by atoms with E-state index in [2.05, 4.69) is 10.3 Å². The van der Waals surface area contributed by atoms with Gasteiger partial charge in [0.05, 0.1) is 6.61 Å². The van der Waals surface area contributed by atoms with Gasteiger partial charge in [0, 0.05) is 56.2 Å². The second kappa shape index (κ2) is 11.5. The number of hydrogen-bond acceptors (Lipinski definition) is 8. The predicted molar refractivity (Wildman–Crippen MR) is 135 cm³/mol. The molecule has 3 rings (SSSR count). The average Bonchev–Trinajstić information content (AvgIpc) is 2.81. The van der Waals surface area contributed by atoms with Crippen LogP contribution in [0.2, 0.25) is 0 Å². The number of aromatic amines is 1. The molecule has 12 nitrogen and oxygen atoms in total. The number of nitrogens with one attached hydrogen (secondary N) is 2. The minimum Gasteiger partial charge on any atom is -0.423 e. The number of nitrogens with zero attached hydrogens (tertiary/aromatic N) is 2. The van der Waals surface area contributed by atoms with Crippen molar-refractivity contribution in [1.82, 2.24) is 9.55 Å². The van der Waals surface area contributed by atoms with Crippen molar-refractivity contribution in [3.8, 4) is 0 Å². The lowest BCUT2D eigenvalue weighted by Crippen LogP contribution is -2.42. The fraction of sp³-hybridized carbons (Fsp3) is 0.375. The lowest BCUT2D eigenvalue weighted by Gasteiger charge is -2.24. The van der Waals surface area contributed by atoms with Crippen molar-refractivity contribution in [3.05, 3.63) is 61.1 Å². The highest BCUT2D eigenvalue weighted by Gasteiger charge is 2.24. The number of carbonyl (C=O) groups is 2. The Hall–Kier alpha value is -4.19. The van der Waals surface area contributed by atoms with E-state index in [9.17, 15) is 24.0 Å². The first-order valence-electron chi connectivity index (χ1n) is 11.4. The molecule has 12 heteroatoms. The summed E-state index contributed by atoms with van der Waals surface area (Å²) in [5.41, 5.74) is 5.46. The highest BCUT2D eigenvalue weighted by Crippen LogP contribution is 2.22. The van der Waals surface area contributed by atoms with Crippen molar-refractivity contribution in [2.45, 2.75) is 39.7 Å². The molecular weight excluding hydrogens is 470 g/mol. The van der Waals surface area contributed by atoms with Gasteiger partial charge in [-0.1, -0.05) is 6.92 Å². The van der Waals surface area contributed by atoms with Crippen molar-refractivity contribution in [2.75, 3.05) is 36.2 Å². The number of amides is 2. The Balaban J connectivity index is 1.77. The topological polar surface area (TPSA) is 170 Å². The van der Waals surface area contributed by atoms with E-state index in [-0.39, 0.29) is 44.0 Å². The van der Waals surface area contributed by atoms with Crippen LogP contribution >= 0.6 is 0 Å². The number of nitrogens with two attached hydrogens (primary N) is 1. The Morgan fingerprint density at radius 3 is 2.64 bits per heavy atom. The number of anilines is 3. The molecule has 0 unspecified atom stereocenters. The predicted octanol–water partition coefficient (Wildman–Crippen LogP) is 1.34. The van der Waals surface area contributed by atoms with Crippen LogP contribution in [0.4, 0.5) is 17.2 Å². The summed E-state index contributed by atoms with van der Waals surface area (Å²) in [5.74, 6) is -1.13.